The Kier molecular flexibility index (Phi) is 19.7. The summed E-state index contributed by atoms with van der Waals surface area (Å²) in [7, 11) is 0. The highest BCUT2D eigenvalue weighted by Crippen LogP contribution is 2.14. The molecule has 0 bridgehead atoms. The van der Waals surface area contributed by atoms with Crippen molar-refractivity contribution >= 4 is 11.9 Å². The van der Waals surface area contributed by atoms with Crippen molar-refractivity contribution in [3.63, 3.8) is 0 Å². The van der Waals surface area contributed by atoms with Crippen LogP contribution in [0.4, 0.5) is 0 Å². The summed E-state index contributed by atoms with van der Waals surface area (Å²) in [5.41, 5.74) is -0.0861. The topological polar surface area (TPSA) is 52.6 Å². The van der Waals surface area contributed by atoms with E-state index in [4.69, 9.17) is 9.47 Å². The molecule has 0 aromatic rings. The van der Waals surface area contributed by atoms with Gasteiger partial charge in [0, 0.05) is 12.2 Å². The average molecular weight is 439 g/mol. The molecule has 0 amide bonds. The van der Waals surface area contributed by atoms with Crippen LogP contribution in [0.15, 0.2) is 12.2 Å². The second-order valence-corrected chi connectivity index (χ2v) is 9.97. The van der Waals surface area contributed by atoms with E-state index in [9.17, 15) is 9.59 Å². The molecule has 0 rings (SSSR count). The average Bonchev–Trinajstić information content (AvgIpc) is 2.72. The van der Waals surface area contributed by atoms with Crippen molar-refractivity contribution in [1.82, 2.24) is 0 Å². The fourth-order valence-electron chi connectivity index (χ4n) is 3.34. The van der Waals surface area contributed by atoms with Crippen LogP contribution in [0, 0.1) is 5.41 Å². The normalized spacial score (nSPS) is 11.7. The molecular formula is C27H50O4. The highest BCUT2D eigenvalue weighted by molar-refractivity contribution is 5.91. The van der Waals surface area contributed by atoms with E-state index in [2.05, 4.69) is 6.92 Å². The summed E-state index contributed by atoms with van der Waals surface area (Å²) < 4.78 is 10.2. The van der Waals surface area contributed by atoms with Crippen LogP contribution in [0.1, 0.15) is 130 Å². The number of ether oxygens (including phenoxy) is 2. The summed E-state index contributed by atoms with van der Waals surface area (Å²) in [4.78, 5) is 23.1. The largest absolute Gasteiger partial charge is 0.463 e. The van der Waals surface area contributed by atoms with Gasteiger partial charge in [0.05, 0.1) is 13.2 Å². The van der Waals surface area contributed by atoms with Gasteiger partial charge in [0.15, 0.2) is 0 Å². The van der Waals surface area contributed by atoms with E-state index in [0.29, 0.717) is 13.2 Å². The van der Waals surface area contributed by atoms with Crippen LogP contribution < -0.4 is 0 Å². The molecule has 0 spiro atoms. The first-order chi connectivity index (χ1) is 14.8. The van der Waals surface area contributed by atoms with E-state index in [1.54, 1.807) is 0 Å². The summed E-state index contributed by atoms with van der Waals surface area (Å²) in [6, 6.07) is 0. The summed E-state index contributed by atoms with van der Waals surface area (Å²) in [6.45, 7) is 8.96. The Bertz CT molecular complexity index is 462. The quantitative estimate of drug-likeness (QED) is 0.110. The molecule has 182 valence electrons. The molecule has 4 nitrogen and oxygen atoms in total. The standard InChI is InChI=1S/C27H50O4/c1-5-6-7-8-9-10-11-12-13-14-15-16-17-18-19-20-23-30-25(28)21-22-26(29)31-24-27(2,3)4/h21-22H,5-20,23-24H2,1-4H3/b22-21+. The fraction of sp³-hybridized carbons (Fsp3) is 0.852. The third kappa shape index (κ3) is 24.8. The Morgan fingerprint density at radius 2 is 0.935 bits per heavy atom. The first-order valence-corrected chi connectivity index (χ1v) is 12.9. The molecule has 0 aliphatic heterocycles. The minimum Gasteiger partial charge on any atom is -0.463 e. The monoisotopic (exact) mass is 438 g/mol. The van der Waals surface area contributed by atoms with E-state index < -0.39 is 11.9 Å². The van der Waals surface area contributed by atoms with Crippen molar-refractivity contribution < 1.29 is 19.1 Å². The van der Waals surface area contributed by atoms with E-state index in [1.807, 2.05) is 20.8 Å². The minimum absolute atomic E-state index is 0.0861. The Morgan fingerprint density at radius 3 is 1.32 bits per heavy atom. The van der Waals surface area contributed by atoms with Crippen molar-refractivity contribution in [1.29, 1.82) is 0 Å². The van der Waals surface area contributed by atoms with Gasteiger partial charge in [-0.05, 0) is 11.8 Å². The third-order valence-electron chi connectivity index (χ3n) is 5.25. The van der Waals surface area contributed by atoms with E-state index >= 15 is 0 Å². The molecule has 0 aliphatic rings. The molecule has 0 N–H and O–H groups in total. The lowest BCUT2D eigenvalue weighted by Gasteiger charge is -2.16. The van der Waals surface area contributed by atoms with Crippen LogP contribution in [0.2, 0.25) is 0 Å². The number of esters is 2. The molecule has 0 heterocycles. The summed E-state index contributed by atoms with van der Waals surface area (Å²) in [6.07, 6.45) is 23.4. The van der Waals surface area contributed by atoms with Crippen LogP contribution in [0.25, 0.3) is 0 Å². The van der Waals surface area contributed by atoms with Crippen LogP contribution in [-0.2, 0) is 19.1 Å². The maximum Gasteiger partial charge on any atom is 0.331 e. The van der Waals surface area contributed by atoms with Crippen molar-refractivity contribution in [2.45, 2.75) is 130 Å². The first kappa shape index (κ1) is 29.7. The molecule has 0 saturated heterocycles. The number of hydrogen-bond acceptors (Lipinski definition) is 4. The number of carbonyl (C=O) groups is 2. The molecule has 0 saturated carbocycles. The SMILES string of the molecule is CCCCCCCCCCCCCCCCCCOC(=O)/C=C/C(=O)OCC(C)(C)C. The Hall–Kier alpha value is -1.32. The highest BCUT2D eigenvalue weighted by Gasteiger charge is 2.12. The fourth-order valence-corrected chi connectivity index (χ4v) is 3.34. The number of hydrogen-bond donors (Lipinski definition) is 0. The van der Waals surface area contributed by atoms with Gasteiger partial charge in [-0.15, -0.1) is 0 Å². The van der Waals surface area contributed by atoms with E-state index in [1.165, 1.54) is 89.9 Å². The van der Waals surface area contributed by atoms with Crippen LogP contribution in [0.5, 0.6) is 0 Å². The van der Waals surface area contributed by atoms with Gasteiger partial charge >= 0.3 is 11.9 Å². The molecule has 0 aromatic heterocycles. The zero-order valence-electron chi connectivity index (χ0n) is 21.0. The predicted octanol–water partition coefficient (Wildman–Crippen LogP) is 7.94. The van der Waals surface area contributed by atoms with Gasteiger partial charge in [-0.3, -0.25) is 0 Å². The lowest BCUT2D eigenvalue weighted by atomic mass is 9.99. The molecule has 0 aliphatic carbocycles. The van der Waals surface area contributed by atoms with Crippen molar-refractivity contribution in [2.75, 3.05) is 13.2 Å². The van der Waals surface area contributed by atoms with Crippen molar-refractivity contribution in [2.24, 2.45) is 5.41 Å². The van der Waals surface area contributed by atoms with E-state index in [-0.39, 0.29) is 5.41 Å². The van der Waals surface area contributed by atoms with Gasteiger partial charge in [-0.25, -0.2) is 9.59 Å². The van der Waals surface area contributed by atoms with Crippen LogP contribution in [-0.4, -0.2) is 25.2 Å². The molecule has 4 heteroatoms. The molecule has 31 heavy (non-hydrogen) atoms. The Labute approximate surface area is 192 Å². The van der Waals surface area contributed by atoms with Gasteiger partial charge in [0.25, 0.3) is 0 Å². The summed E-state index contributed by atoms with van der Waals surface area (Å²) in [5.74, 6) is -0.983. The lowest BCUT2D eigenvalue weighted by molar-refractivity contribution is -0.142. The molecule has 0 radical (unpaired) electrons. The third-order valence-corrected chi connectivity index (χ3v) is 5.25. The number of rotatable bonds is 20. The minimum atomic E-state index is -0.505. The number of unbranched alkanes of at least 4 members (excludes halogenated alkanes) is 15. The molecule has 0 aromatic carbocycles. The van der Waals surface area contributed by atoms with Crippen LogP contribution in [0.3, 0.4) is 0 Å². The second-order valence-electron chi connectivity index (χ2n) is 9.97. The zero-order valence-corrected chi connectivity index (χ0v) is 21.0. The Balaban J connectivity index is 3.34. The van der Waals surface area contributed by atoms with Crippen LogP contribution >= 0.6 is 0 Å². The highest BCUT2D eigenvalue weighted by atomic mass is 16.5. The molecule has 0 atom stereocenters. The van der Waals surface area contributed by atoms with Gasteiger partial charge in [-0.1, -0.05) is 124 Å². The smallest absolute Gasteiger partial charge is 0.331 e. The number of carbonyl (C=O) groups excluding carboxylic acids is 2. The van der Waals surface area contributed by atoms with E-state index in [0.717, 1.165) is 25.0 Å². The van der Waals surface area contributed by atoms with Gasteiger partial charge in [-0.2, -0.15) is 0 Å². The lowest BCUT2D eigenvalue weighted by Crippen LogP contribution is -2.17. The summed E-state index contributed by atoms with van der Waals surface area (Å²) >= 11 is 0. The van der Waals surface area contributed by atoms with Crippen molar-refractivity contribution in [3.05, 3.63) is 12.2 Å². The van der Waals surface area contributed by atoms with Gasteiger partial charge < -0.3 is 9.47 Å². The van der Waals surface area contributed by atoms with Gasteiger partial charge in [0.1, 0.15) is 0 Å². The predicted molar refractivity (Wildman–Crippen MR) is 130 cm³/mol. The first-order valence-electron chi connectivity index (χ1n) is 12.9. The molecular weight excluding hydrogens is 388 g/mol. The Morgan fingerprint density at radius 1 is 0.581 bits per heavy atom. The van der Waals surface area contributed by atoms with Crippen molar-refractivity contribution in [3.8, 4) is 0 Å². The van der Waals surface area contributed by atoms with Gasteiger partial charge in [0.2, 0.25) is 0 Å². The molecule has 0 fully saturated rings. The summed E-state index contributed by atoms with van der Waals surface area (Å²) in [5, 5.41) is 0. The second kappa shape index (κ2) is 20.6. The maximum atomic E-state index is 11.6. The maximum absolute atomic E-state index is 11.6. The zero-order chi connectivity index (χ0) is 23.2. The molecule has 0 unspecified atom stereocenters.